The van der Waals surface area contributed by atoms with Gasteiger partial charge in [-0.25, -0.2) is 4.79 Å². The Morgan fingerprint density at radius 1 is 1.07 bits per heavy atom. The summed E-state index contributed by atoms with van der Waals surface area (Å²) in [5.41, 5.74) is 3.53. The van der Waals surface area contributed by atoms with Gasteiger partial charge in [0.2, 0.25) is 0 Å². The summed E-state index contributed by atoms with van der Waals surface area (Å²) >= 11 is 1.64. The lowest BCUT2D eigenvalue weighted by atomic mass is 9.87. The van der Waals surface area contributed by atoms with Gasteiger partial charge in [-0.2, -0.15) is 0 Å². The molecule has 30 heavy (non-hydrogen) atoms. The van der Waals surface area contributed by atoms with Crippen LogP contribution < -0.4 is 4.90 Å². The Morgan fingerprint density at radius 2 is 1.77 bits per heavy atom. The lowest BCUT2D eigenvalue weighted by molar-refractivity contribution is 0.231. The molecule has 0 radical (unpaired) electrons. The Labute approximate surface area is 183 Å². The maximum atomic E-state index is 13.3. The van der Waals surface area contributed by atoms with Crippen molar-refractivity contribution in [1.82, 2.24) is 4.90 Å². The van der Waals surface area contributed by atoms with Crippen LogP contribution in [0.15, 0.2) is 65.7 Å². The number of carbonyl (C=O) groups is 1. The minimum absolute atomic E-state index is 0.00733. The topological polar surface area (TPSA) is 35.9 Å². The standard InChI is InChI=1S/C25H29N3OS/c1-25(2,3)20-13-11-19(12-14-20)8-7-17-27-23(26-21-15-16-21)30-18-28(24(27)29)22-9-5-4-6-10-22/h4-14,21H,15-18H2,1-3H3. The maximum Gasteiger partial charge on any atom is 0.331 e. The number of carbonyl (C=O) groups excluding carboxylic acids is 1. The Hall–Kier alpha value is -2.53. The van der Waals surface area contributed by atoms with Gasteiger partial charge in [0.25, 0.3) is 0 Å². The molecule has 1 aliphatic carbocycles. The van der Waals surface area contributed by atoms with Gasteiger partial charge in [-0.05, 0) is 41.5 Å². The van der Waals surface area contributed by atoms with E-state index in [4.69, 9.17) is 4.99 Å². The van der Waals surface area contributed by atoms with Gasteiger partial charge in [0.1, 0.15) is 0 Å². The van der Waals surface area contributed by atoms with Crippen molar-refractivity contribution in [2.75, 3.05) is 17.3 Å². The molecule has 4 rings (SSSR count). The number of para-hydroxylation sites is 1. The smallest absolute Gasteiger partial charge is 0.284 e. The van der Waals surface area contributed by atoms with Crippen molar-refractivity contribution in [3.05, 3.63) is 71.8 Å². The minimum atomic E-state index is -0.00733. The largest absolute Gasteiger partial charge is 0.331 e. The third kappa shape index (κ3) is 4.96. The Bertz CT molecular complexity index is 941. The van der Waals surface area contributed by atoms with E-state index in [1.165, 1.54) is 5.56 Å². The van der Waals surface area contributed by atoms with Crippen LogP contribution in [0, 0.1) is 0 Å². The number of hydrogen-bond donors (Lipinski definition) is 0. The molecule has 0 N–H and O–H groups in total. The fourth-order valence-electron chi connectivity index (χ4n) is 3.29. The second kappa shape index (κ2) is 8.68. The molecule has 0 spiro atoms. The fourth-order valence-corrected chi connectivity index (χ4v) is 4.32. The lowest BCUT2D eigenvalue weighted by Crippen LogP contribution is -2.50. The molecule has 1 saturated heterocycles. The summed E-state index contributed by atoms with van der Waals surface area (Å²) in [6.45, 7) is 7.17. The highest BCUT2D eigenvalue weighted by atomic mass is 32.2. The van der Waals surface area contributed by atoms with Gasteiger partial charge in [-0.15, -0.1) is 0 Å². The zero-order valence-corrected chi connectivity index (χ0v) is 18.7. The lowest BCUT2D eigenvalue weighted by Gasteiger charge is -2.35. The Kier molecular flexibility index (Phi) is 6.00. The fraction of sp³-hybridized carbons (Fsp3) is 0.360. The van der Waals surface area contributed by atoms with Gasteiger partial charge in [0.05, 0.1) is 11.9 Å². The number of thioether (sulfide) groups is 1. The van der Waals surface area contributed by atoms with E-state index in [1.54, 1.807) is 16.7 Å². The number of anilines is 1. The summed E-state index contributed by atoms with van der Waals surface area (Å²) in [7, 11) is 0. The SMILES string of the molecule is CC(C)(C)c1ccc(C=CCN2C(=O)N(c3ccccc3)CSC2=NC2CC2)cc1. The first-order valence-corrected chi connectivity index (χ1v) is 11.5. The zero-order chi connectivity index (χ0) is 21.1. The van der Waals surface area contributed by atoms with Crippen LogP contribution in [0.4, 0.5) is 10.5 Å². The molecule has 0 atom stereocenters. The Balaban J connectivity index is 1.50. The average molecular weight is 420 g/mol. The van der Waals surface area contributed by atoms with E-state index in [1.807, 2.05) is 35.2 Å². The summed E-state index contributed by atoms with van der Waals surface area (Å²) in [6, 6.07) is 18.9. The van der Waals surface area contributed by atoms with Crippen molar-refractivity contribution in [3.63, 3.8) is 0 Å². The molecule has 5 heteroatoms. The van der Waals surface area contributed by atoms with Crippen molar-refractivity contribution in [3.8, 4) is 0 Å². The van der Waals surface area contributed by atoms with E-state index in [9.17, 15) is 4.79 Å². The molecule has 156 valence electrons. The molecule has 2 aromatic carbocycles. The van der Waals surface area contributed by atoms with Crippen LogP contribution in [0.5, 0.6) is 0 Å². The third-order valence-electron chi connectivity index (χ3n) is 5.30. The maximum absolute atomic E-state index is 13.3. The van der Waals surface area contributed by atoms with Crippen molar-refractivity contribution in [2.24, 2.45) is 4.99 Å². The summed E-state index contributed by atoms with van der Waals surface area (Å²) in [4.78, 5) is 21.7. The highest BCUT2D eigenvalue weighted by Crippen LogP contribution is 2.30. The number of amidine groups is 1. The predicted molar refractivity (Wildman–Crippen MR) is 128 cm³/mol. The number of benzene rings is 2. The van der Waals surface area contributed by atoms with Gasteiger partial charge >= 0.3 is 6.03 Å². The summed E-state index contributed by atoms with van der Waals surface area (Å²) in [5, 5.41) is 0.849. The van der Waals surface area contributed by atoms with E-state index >= 15 is 0 Å². The van der Waals surface area contributed by atoms with Gasteiger partial charge < -0.3 is 0 Å². The van der Waals surface area contributed by atoms with Crippen LogP contribution >= 0.6 is 11.8 Å². The number of aliphatic imine (C=N–C) groups is 1. The number of urea groups is 1. The molecule has 0 unspecified atom stereocenters. The molecule has 1 heterocycles. The van der Waals surface area contributed by atoms with Crippen molar-refractivity contribution in [1.29, 1.82) is 0 Å². The minimum Gasteiger partial charge on any atom is -0.284 e. The molecule has 2 aromatic rings. The van der Waals surface area contributed by atoms with E-state index in [-0.39, 0.29) is 11.4 Å². The molecule has 0 bridgehead atoms. The monoisotopic (exact) mass is 419 g/mol. The normalized spacial score (nSPS) is 19.2. The summed E-state index contributed by atoms with van der Waals surface area (Å²) < 4.78 is 0. The quantitative estimate of drug-likeness (QED) is 0.583. The van der Waals surface area contributed by atoms with Crippen LogP contribution in [-0.2, 0) is 5.41 Å². The highest BCUT2D eigenvalue weighted by molar-refractivity contribution is 8.14. The first-order chi connectivity index (χ1) is 14.4. The van der Waals surface area contributed by atoms with Gasteiger partial charge in [-0.1, -0.05) is 87.1 Å². The van der Waals surface area contributed by atoms with Crippen LogP contribution in [-0.4, -0.2) is 34.6 Å². The molecule has 1 saturated carbocycles. The molecular weight excluding hydrogens is 390 g/mol. The third-order valence-corrected chi connectivity index (χ3v) is 6.27. The molecule has 1 aliphatic heterocycles. The van der Waals surface area contributed by atoms with E-state index in [0.29, 0.717) is 18.5 Å². The number of rotatable bonds is 5. The Morgan fingerprint density at radius 3 is 2.40 bits per heavy atom. The van der Waals surface area contributed by atoms with E-state index in [2.05, 4.69) is 57.2 Å². The molecule has 2 fully saturated rings. The predicted octanol–water partition coefficient (Wildman–Crippen LogP) is 6.15. The van der Waals surface area contributed by atoms with E-state index < -0.39 is 0 Å². The second-order valence-electron chi connectivity index (χ2n) is 8.85. The second-order valence-corrected chi connectivity index (χ2v) is 9.76. The summed E-state index contributed by atoms with van der Waals surface area (Å²) in [5.74, 6) is 0.600. The number of amides is 2. The molecular formula is C25H29N3OS. The molecule has 2 aliphatic rings. The molecule has 2 amide bonds. The van der Waals surface area contributed by atoms with Crippen molar-refractivity contribution < 1.29 is 4.79 Å². The number of hydrogen-bond acceptors (Lipinski definition) is 3. The molecule has 0 aromatic heterocycles. The molecule has 4 nitrogen and oxygen atoms in total. The number of nitrogens with zero attached hydrogens (tertiary/aromatic N) is 3. The van der Waals surface area contributed by atoms with Crippen LogP contribution in [0.2, 0.25) is 0 Å². The zero-order valence-electron chi connectivity index (χ0n) is 17.9. The van der Waals surface area contributed by atoms with Crippen molar-refractivity contribution >= 4 is 34.7 Å². The van der Waals surface area contributed by atoms with Gasteiger partial charge in [0.15, 0.2) is 5.17 Å². The van der Waals surface area contributed by atoms with Gasteiger partial charge in [-0.3, -0.25) is 14.8 Å². The average Bonchev–Trinajstić information content (AvgIpc) is 3.55. The van der Waals surface area contributed by atoms with Crippen molar-refractivity contribution in [2.45, 2.75) is 45.1 Å². The highest BCUT2D eigenvalue weighted by Gasteiger charge is 2.33. The van der Waals surface area contributed by atoms with Crippen LogP contribution in [0.25, 0.3) is 6.08 Å². The summed E-state index contributed by atoms with van der Waals surface area (Å²) in [6.07, 6.45) is 6.40. The van der Waals surface area contributed by atoms with Crippen LogP contribution in [0.1, 0.15) is 44.7 Å². The van der Waals surface area contributed by atoms with Gasteiger partial charge in [0, 0.05) is 12.2 Å². The first kappa shape index (κ1) is 20.7. The first-order valence-electron chi connectivity index (χ1n) is 10.5. The van der Waals surface area contributed by atoms with Crippen LogP contribution in [0.3, 0.4) is 0 Å². The van der Waals surface area contributed by atoms with E-state index in [0.717, 1.165) is 29.3 Å².